The number of nitrogens with one attached hydrogen (secondary N) is 1. The van der Waals surface area contributed by atoms with E-state index in [1.165, 1.54) is 4.70 Å². The molecule has 2 aromatic rings. The monoisotopic (exact) mass is 236 g/mol. The molecule has 0 saturated carbocycles. The molecule has 86 valence electrons. The molecule has 0 aromatic carbocycles. The molecule has 2 N–H and O–H groups in total. The van der Waals surface area contributed by atoms with E-state index in [2.05, 4.69) is 28.7 Å². The smallest absolute Gasteiger partial charge is 0.0809 e. The first-order valence-electron chi connectivity index (χ1n) is 5.41. The van der Waals surface area contributed by atoms with Crippen molar-refractivity contribution < 1.29 is 5.11 Å². The van der Waals surface area contributed by atoms with Gasteiger partial charge in [0.25, 0.3) is 0 Å². The minimum Gasteiger partial charge on any atom is -0.392 e. The topological polar surface area (TPSA) is 45.1 Å². The summed E-state index contributed by atoms with van der Waals surface area (Å²) < 4.78 is 1.21. The standard InChI is InChI=1S/C12H16N2OS/c1-8(15)6-13-9(2)10-5-12-11(14-7-10)3-4-16-12/h3-5,7-9,13,15H,6H2,1-2H3/t8-,9?/m1/s1. The predicted octanol–water partition coefficient (Wildman–Crippen LogP) is 2.33. The zero-order valence-corrected chi connectivity index (χ0v) is 10.3. The van der Waals surface area contributed by atoms with Crippen LogP contribution in [0.3, 0.4) is 0 Å². The molecule has 0 bridgehead atoms. The summed E-state index contributed by atoms with van der Waals surface area (Å²) in [6.07, 6.45) is 1.58. The Labute approximate surface area is 99.1 Å². The van der Waals surface area contributed by atoms with Gasteiger partial charge in [-0.05, 0) is 36.9 Å². The van der Waals surface area contributed by atoms with Crippen LogP contribution in [0.2, 0.25) is 0 Å². The number of fused-ring (bicyclic) bond motifs is 1. The lowest BCUT2D eigenvalue weighted by atomic mass is 10.1. The summed E-state index contributed by atoms with van der Waals surface area (Å²) in [5.74, 6) is 0. The number of rotatable bonds is 4. The van der Waals surface area contributed by atoms with E-state index in [1.807, 2.05) is 12.3 Å². The molecule has 0 amide bonds. The molecule has 2 atom stereocenters. The van der Waals surface area contributed by atoms with Crippen LogP contribution in [0, 0.1) is 0 Å². The third-order valence-corrected chi connectivity index (χ3v) is 3.40. The highest BCUT2D eigenvalue weighted by Crippen LogP contribution is 2.22. The van der Waals surface area contributed by atoms with Gasteiger partial charge in [-0.25, -0.2) is 0 Å². The molecule has 0 fully saturated rings. The highest BCUT2D eigenvalue weighted by Gasteiger charge is 2.07. The van der Waals surface area contributed by atoms with Crippen molar-refractivity contribution in [2.45, 2.75) is 26.0 Å². The Kier molecular flexibility index (Phi) is 3.53. The Morgan fingerprint density at radius 3 is 3.06 bits per heavy atom. The summed E-state index contributed by atoms with van der Waals surface area (Å²) in [5, 5.41) is 14.5. The third-order valence-electron chi connectivity index (χ3n) is 2.54. The van der Waals surface area contributed by atoms with Crippen molar-refractivity contribution in [1.82, 2.24) is 10.3 Å². The zero-order chi connectivity index (χ0) is 11.5. The van der Waals surface area contributed by atoms with E-state index in [1.54, 1.807) is 18.3 Å². The van der Waals surface area contributed by atoms with Crippen molar-refractivity contribution in [3.05, 3.63) is 29.3 Å². The summed E-state index contributed by atoms with van der Waals surface area (Å²) in [7, 11) is 0. The first-order valence-corrected chi connectivity index (χ1v) is 6.29. The molecule has 0 saturated heterocycles. The number of nitrogens with zero attached hydrogens (tertiary/aromatic N) is 1. The second-order valence-corrected chi connectivity index (χ2v) is 5.00. The predicted molar refractivity (Wildman–Crippen MR) is 67.7 cm³/mol. The van der Waals surface area contributed by atoms with Crippen molar-refractivity contribution in [1.29, 1.82) is 0 Å². The maximum Gasteiger partial charge on any atom is 0.0809 e. The maximum absolute atomic E-state index is 9.21. The first-order chi connectivity index (χ1) is 7.66. The summed E-state index contributed by atoms with van der Waals surface area (Å²) in [6, 6.07) is 4.40. The average Bonchev–Trinajstić information content (AvgIpc) is 2.72. The molecule has 0 aliphatic heterocycles. The van der Waals surface area contributed by atoms with Crippen LogP contribution in [0.1, 0.15) is 25.5 Å². The molecule has 0 spiro atoms. The molecular weight excluding hydrogens is 220 g/mol. The number of aromatic nitrogens is 1. The van der Waals surface area contributed by atoms with Gasteiger partial charge < -0.3 is 10.4 Å². The summed E-state index contributed by atoms with van der Waals surface area (Å²) in [5.41, 5.74) is 2.21. The lowest BCUT2D eigenvalue weighted by Gasteiger charge is -2.15. The van der Waals surface area contributed by atoms with Gasteiger partial charge in [-0.2, -0.15) is 0 Å². The van der Waals surface area contributed by atoms with E-state index in [0.717, 1.165) is 11.1 Å². The minimum atomic E-state index is -0.319. The fraction of sp³-hybridized carbons (Fsp3) is 0.417. The van der Waals surface area contributed by atoms with Crippen LogP contribution in [-0.2, 0) is 0 Å². The van der Waals surface area contributed by atoms with Crippen LogP contribution in [0.25, 0.3) is 10.2 Å². The second-order valence-electron chi connectivity index (χ2n) is 4.05. The van der Waals surface area contributed by atoms with Gasteiger partial charge in [0.2, 0.25) is 0 Å². The minimum absolute atomic E-state index is 0.216. The zero-order valence-electron chi connectivity index (χ0n) is 9.47. The van der Waals surface area contributed by atoms with Crippen LogP contribution < -0.4 is 5.32 Å². The quantitative estimate of drug-likeness (QED) is 0.856. The van der Waals surface area contributed by atoms with Gasteiger partial charge in [-0.15, -0.1) is 11.3 Å². The number of hydrogen-bond acceptors (Lipinski definition) is 4. The van der Waals surface area contributed by atoms with Crippen LogP contribution in [0.5, 0.6) is 0 Å². The normalized spacial score (nSPS) is 15.2. The summed E-state index contributed by atoms with van der Waals surface area (Å²) in [6.45, 7) is 4.46. The van der Waals surface area contributed by atoms with E-state index in [9.17, 15) is 5.11 Å². The molecule has 2 heterocycles. The number of hydrogen-bond donors (Lipinski definition) is 2. The van der Waals surface area contributed by atoms with Crippen LogP contribution in [-0.4, -0.2) is 22.7 Å². The molecule has 2 aromatic heterocycles. The Morgan fingerprint density at radius 2 is 2.31 bits per heavy atom. The Hall–Kier alpha value is -0.970. The van der Waals surface area contributed by atoms with Gasteiger partial charge >= 0.3 is 0 Å². The van der Waals surface area contributed by atoms with E-state index in [4.69, 9.17) is 0 Å². The van der Waals surface area contributed by atoms with Gasteiger partial charge in [-0.1, -0.05) is 0 Å². The fourth-order valence-corrected chi connectivity index (χ4v) is 2.35. The Morgan fingerprint density at radius 1 is 1.50 bits per heavy atom. The number of pyridine rings is 1. The Bertz CT molecular complexity index is 467. The molecule has 3 nitrogen and oxygen atoms in total. The first kappa shape index (κ1) is 11.5. The van der Waals surface area contributed by atoms with Gasteiger partial charge in [0, 0.05) is 18.8 Å². The highest BCUT2D eigenvalue weighted by atomic mass is 32.1. The van der Waals surface area contributed by atoms with Crippen molar-refractivity contribution in [2.24, 2.45) is 0 Å². The van der Waals surface area contributed by atoms with Gasteiger partial charge in [0.1, 0.15) is 0 Å². The van der Waals surface area contributed by atoms with Crippen molar-refractivity contribution in [2.75, 3.05) is 6.54 Å². The average molecular weight is 236 g/mol. The van der Waals surface area contributed by atoms with Crippen LogP contribution in [0.4, 0.5) is 0 Å². The van der Waals surface area contributed by atoms with E-state index in [-0.39, 0.29) is 12.1 Å². The van der Waals surface area contributed by atoms with Crippen LogP contribution >= 0.6 is 11.3 Å². The SMILES string of the molecule is CC(NC[C@@H](C)O)c1cnc2ccsc2c1. The molecule has 4 heteroatoms. The third kappa shape index (κ3) is 2.58. The molecular formula is C12H16N2OS. The lowest BCUT2D eigenvalue weighted by molar-refractivity contribution is 0.187. The summed E-state index contributed by atoms with van der Waals surface area (Å²) >= 11 is 1.70. The molecule has 16 heavy (non-hydrogen) atoms. The van der Waals surface area contributed by atoms with E-state index >= 15 is 0 Å². The number of aliphatic hydroxyl groups is 1. The molecule has 0 aliphatic carbocycles. The lowest BCUT2D eigenvalue weighted by Crippen LogP contribution is -2.27. The fourth-order valence-electron chi connectivity index (χ4n) is 1.56. The van der Waals surface area contributed by atoms with Crippen molar-refractivity contribution in [3.8, 4) is 0 Å². The van der Waals surface area contributed by atoms with Gasteiger partial charge in [-0.3, -0.25) is 4.98 Å². The molecule has 1 unspecified atom stereocenters. The van der Waals surface area contributed by atoms with Crippen molar-refractivity contribution in [3.63, 3.8) is 0 Å². The van der Waals surface area contributed by atoms with Gasteiger partial charge in [0.05, 0.1) is 16.3 Å². The van der Waals surface area contributed by atoms with E-state index in [0.29, 0.717) is 6.54 Å². The largest absolute Gasteiger partial charge is 0.392 e. The summed E-state index contributed by atoms with van der Waals surface area (Å²) in [4.78, 5) is 4.40. The van der Waals surface area contributed by atoms with Crippen LogP contribution in [0.15, 0.2) is 23.7 Å². The maximum atomic E-state index is 9.21. The Balaban J connectivity index is 2.12. The highest BCUT2D eigenvalue weighted by molar-refractivity contribution is 7.17. The van der Waals surface area contributed by atoms with Gasteiger partial charge in [0.15, 0.2) is 0 Å². The number of thiophene rings is 1. The molecule has 0 radical (unpaired) electrons. The molecule has 0 aliphatic rings. The van der Waals surface area contributed by atoms with E-state index < -0.39 is 0 Å². The van der Waals surface area contributed by atoms with Crippen molar-refractivity contribution >= 4 is 21.6 Å². The second kappa shape index (κ2) is 4.91. The molecule has 2 rings (SSSR count). The number of aliphatic hydroxyl groups excluding tert-OH is 1.